The minimum atomic E-state index is -1.16. The maximum absolute atomic E-state index is 11.3. The van der Waals surface area contributed by atoms with Crippen LogP contribution in [-0.2, 0) is 0 Å². The highest BCUT2D eigenvalue weighted by Gasteiger charge is 2.20. The molecule has 5 heteroatoms. The van der Waals surface area contributed by atoms with E-state index in [1.54, 1.807) is 6.08 Å². The van der Waals surface area contributed by atoms with Gasteiger partial charge in [0.25, 0.3) is 0 Å². The molecule has 0 aliphatic carbocycles. The van der Waals surface area contributed by atoms with Crippen LogP contribution in [0.3, 0.4) is 0 Å². The van der Waals surface area contributed by atoms with Gasteiger partial charge in [-0.1, -0.05) is 39.2 Å². The fraction of sp³-hybridized carbons (Fsp3) is 0.312. The summed E-state index contributed by atoms with van der Waals surface area (Å²) < 4.78 is 2.14. The maximum atomic E-state index is 11.3. The van der Waals surface area contributed by atoms with Gasteiger partial charge >= 0.3 is 5.97 Å². The average Bonchev–Trinajstić information content (AvgIpc) is 2.46. The van der Waals surface area contributed by atoms with Gasteiger partial charge in [0, 0.05) is 23.5 Å². The van der Waals surface area contributed by atoms with Crippen molar-refractivity contribution in [2.45, 2.75) is 25.2 Å². The van der Waals surface area contributed by atoms with Crippen LogP contribution in [0.4, 0.5) is 0 Å². The molecule has 0 saturated heterocycles. The molecule has 1 rings (SSSR count). The smallest absolute Gasteiger partial charge is 0.339 e. The lowest BCUT2D eigenvalue weighted by Gasteiger charge is -2.21. The number of rotatable bonds is 8. The van der Waals surface area contributed by atoms with E-state index in [-0.39, 0.29) is 11.3 Å². The number of nitrogens with zero attached hydrogens (tertiary/aromatic N) is 1. The van der Waals surface area contributed by atoms with Crippen molar-refractivity contribution < 1.29 is 15.0 Å². The van der Waals surface area contributed by atoms with E-state index in [0.29, 0.717) is 11.1 Å². The molecule has 1 aromatic carbocycles. The minimum absolute atomic E-state index is 0.120. The summed E-state index contributed by atoms with van der Waals surface area (Å²) in [6.07, 6.45) is 4.08. The topological polar surface area (TPSA) is 60.8 Å². The number of hydrogen-bond donors (Lipinski definition) is 2. The fourth-order valence-corrected chi connectivity index (χ4v) is 3.14. The fourth-order valence-electron chi connectivity index (χ4n) is 2.00. The predicted molar refractivity (Wildman–Crippen MR) is 88.6 cm³/mol. The molecule has 0 radical (unpaired) electrons. The number of carboxylic acid groups (broad SMARTS) is 1. The SMILES string of the molecule is C=Cc1c(SN(CC)CCC)cc(C(=O)O)c(O)c1C=C. The number of aromatic carboxylic acids is 1. The normalized spacial score (nSPS) is 10.6. The van der Waals surface area contributed by atoms with Gasteiger partial charge in [0.05, 0.1) is 0 Å². The van der Waals surface area contributed by atoms with Crippen molar-refractivity contribution in [3.8, 4) is 5.75 Å². The first kappa shape index (κ1) is 17.3. The molecule has 0 saturated carbocycles. The molecule has 0 spiro atoms. The van der Waals surface area contributed by atoms with Gasteiger partial charge in [0.2, 0.25) is 0 Å². The molecule has 4 nitrogen and oxygen atoms in total. The van der Waals surface area contributed by atoms with Gasteiger partial charge in [0.15, 0.2) is 0 Å². The van der Waals surface area contributed by atoms with Crippen LogP contribution in [0.25, 0.3) is 12.2 Å². The quantitative estimate of drug-likeness (QED) is 0.708. The first-order valence-electron chi connectivity index (χ1n) is 6.81. The zero-order valence-corrected chi connectivity index (χ0v) is 13.2. The maximum Gasteiger partial charge on any atom is 0.339 e. The minimum Gasteiger partial charge on any atom is -0.506 e. The second-order valence-electron chi connectivity index (χ2n) is 4.42. The Labute approximate surface area is 129 Å². The highest BCUT2D eigenvalue weighted by Crippen LogP contribution is 2.37. The zero-order valence-electron chi connectivity index (χ0n) is 12.4. The van der Waals surface area contributed by atoms with Crippen LogP contribution in [0, 0.1) is 0 Å². The van der Waals surface area contributed by atoms with E-state index in [2.05, 4.69) is 24.4 Å². The second kappa shape index (κ2) is 7.90. The van der Waals surface area contributed by atoms with Gasteiger partial charge in [-0.05, 0) is 30.0 Å². The van der Waals surface area contributed by atoms with E-state index in [0.717, 1.165) is 24.4 Å². The summed E-state index contributed by atoms with van der Waals surface area (Å²) in [6.45, 7) is 13.3. The Morgan fingerprint density at radius 1 is 1.33 bits per heavy atom. The van der Waals surface area contributed by atoms with Gasteiger partial charge in [0.1, 0.15) is 11.3 Å². The largest absolute Gasteiger partial charge is 0.506 e. The molecule has 21 heavy (non-hydrogen) atoms. The van der Waals surface area contributed by atoms with Crippen molar-refractivity contribution in [1.82, 2.24) is 4.31 Å². The van der Waals surface area contributed by atoms with Crippen LogP contribution in [0.2, 0.25) is 0 Å². The van der Waals surface area contributed by atoms with E-state index in [1.165, 1.54) is 24.1 Å². The monoisotopic (exact) mass is 307 g/mol. The van der Waals surface area contributed by atoms with E-state index in [4.69, 9.17) is 0 Å². The van der Waals surface area contributed by atoms with Gasteiger partial charge in [-0.2, -0.15) is 0 Å². The molecular formula is C16H21NO3S. The Hall–Kier alpha value is -1.72. The van der Waals surface area contributed by atoms with E-state index in [1.807, 2.05) is 6.92 Å². The lowest BCUT2D eigenvalue weighted by molar-refractivity contribution is 0.0693. The van der Waals surface area contributed by atoms with Crippen LogP contribution in [0.1, 0.15) is 41.8 Å². The number of carbonyl (C=O) groups is 1. The van der Waals surface area contributed by atoms with Crippen molar-refractivity contribution >= 4 is 30.1 Å². The lowest BCUT2D eigenvalue weighted by atomic mass is 10.0. The molecular weight excluding hydrogens is 286 g/mol. The Balaban J connectivity index is 3.41. The van der Waals surface area contributed by atoms with Crippen LogP contribution in [0.15, 0.2) is 24.1 Å². The molecule has 0 heterocycles. The Morgan fingerprint density at radius 2 is 1.95 bits per heavy atom. The van der Waals surface area contributed by atoms with Crippen LogP contribution < -0.4 is 0 Å². The van der Waals surface area contributed by atoms with Crippen LogP contribution >= 0.6 is 11.9 Å². The first-order chi connectivity index (χ1) is 9.99. The van der Waals surface area contributed by atoms with Crippen LogP contribution in [-0.4, -0.2) is 33.6 Å². The summed E-state index contributed by atoms with van der Waals surface area (Å²) in [5.41, 5.74) is 0.984. The van der Waals surface area contributed by atoms with Gasteiger partial charge in [-0.3, -0.25) is 0 Å². The third kappa shape index (κ3) is 3.89. The van der Waals surface area contributed by atoms with Crippen LogP contribution in [0.5, 0.6) is 5.75 Å². The highest BCUT2D eigenvalue weighted by molar-refractivity contribution is 7.97. The number of hydrogen-bond acceptors (Lipinski definition) is 4. The predicted octanol–water partition coefficient (Wildman–Crippen LogP) is 4.12. The third-order valence-corrected chi connectivity index (χ3v) is 4.27. The lowest BCUT2D eigenvalue weighted by Crippen LogP contribution is -2.16. The standard InChI is InChI=1S/C16H21NO3S/c1-5-9-17(8-4)21-14-10-13(16(19)20)15(18)12(7-3)11(14)6-2/h6-7,10,18H,2-3,5,8-9H2,1,4H3,(H,19,20). The molecule has 114 valence electrons. The number of carboxylic acids is 1. The Morgan fingerprint density at radius 3 is 2.38 bits per heavy atom. The Bertz CT molecular complexity index is 555. The molecule has 0 aromatic heterocycles. The van der Waals surface area contributed by atoms with Crippen molar-refractivity contribution in [3.05, 3.63) is 35.9 Å². The van der Waals surface area contributed by atoms with Crippen molar-refractivity contribution in [1.29, 1.82) is 0 Å². The van der Waals surface area contributed by atoms with E-state index < -0.39 is 5.97 Å². The number of phenols is 1. The molecule has 0 amide bonds. The average molecular weight is 307 g/mol. The van der Waals surface area contributed by atoms with Gasteiger partial charge in [-0.15, -0.1) is 0 Å². The summed E-state index contributed by atoms with van der Waals surface area (Å²) in [7, 11) is 0. The molecule has 0 atom stereocenters. The molecule has 1 aromatic rings. The van der Waals surface area contributed by atoms with Crippen molar-refractivity contribution in [3.63, 3.8) is 0 Å². The molecule has 0 aliphatic heterocycles. The molecule has 0 bridgehead atoms. The zero-order chi connectivity index (χ0) is 16.0. The third-order valence-electron chi connectivity index (χ3n) is 3.03. The summed E-state index contributed by atoms with van der Waals surface area (Å²) in [4.78, 5) is 12.0. The first-order valence-corrected chi connectivity index (χ1v) is 7.58. The highest BCUT2D eigenvalue weighted by atomic mass is 32.2. The summed E-state index contributed by atoms with van der Waals surface area (Å²) >= 11 is 1.47. The molecule has 2 N–H and O–H groups in total. The van der Waals surface area contributed by atoms with Gasteiger partial charge in [-0.25, -0.2) is 9.10 Å². The molecule has 0 unspecified atom stereocenters. The Kier molecular flexibility index (Phi) is 6.52. The second-order valence-corrected chi connectivity index (χ2v) is 5.56. The van der Waals surface area contributed by atoms with Crippen molar-refractivity contribution in [2.24, 2.45) is 0 Å². The van der Waals surface area contributed by atoms with Gasteiger partial charge < -0.3 is 10.2 Å². The molecule has 0 aliphatic rings. The summed E-state index contributed by atoms with van der Waals surface area (Å²) in [6, 6.07) is 1.49. The summed E-state index contributed by atoms with van der Waals surface area (Å²) in [5, 5.41) is 19.3. The molecule has 0 fully saturated rings. The van der Waals surface area contributed by atoms with E-state index in [9.17, 15) is 15.0 Å². The van der Waals surface area contributed by atoms with Crippen molar-refractivity contribution in [2.75, 3.05) is 13.1 Å². The number of aromatic hydroxyl groups is 1. The summed E-state index contributed by atoms with van der Waals surface area (Å²) in [5.74, 6) is -1.43. The number of benzene rings is 1. The van der Waals surface area contributed by atoms with E-state index >= 15 is 0 Å².